The molecule has 0 bridgehead atoms. The molecule has 0 aromatic carbocycles. The monoisotopic (exact) mass is 276 g/mol. The Morgan fingerprint density at radius 3 is 1.82 bits per heavy atom. The Hall–Kier alpha value is 0.700. The van der Waals surface area contributed by atoms with E-state index in [1.807, 2.05) is 0 Å². The molecule has 1 unspecified atom stereocenters. The van der Waals surface area contributed by atoms with Crippen molar-refractivity contribution in [2.45, 2.75) is 77.6 Å². The van der Waals surface area contributed by atoms with Gasteiger partial charge in [-0.15, -0.1) is 0 Å². The van der Waals surface area contributed by atoms with Gasteiger partial charge < -0.3 is 0 Å². The first kappa shape index (κ1) is 17.7. The van der Waals surface area contributed by atoms with Crippen LogP contribution in [0.2, 0.25) is 0 Å². The summed E-state index contributed by atoms with van der Waals surface area (Å²) in [7, 11) is 0. The number of unbranched alkanes of at least 4 members (excludes halogenated alkanes) is 6. The molecule has 0 aliphatic carbocycles. The maximum absolute atomic E-state index is 4.36. The van der Waals surface area contributed by atoms with E-state index in [1.165, 1.54) is 70.6 Å². The zero-order valence-electron chi connectivity index (χ0n) is 11.7. The normalized spacial score (nSPS) is 12.9. The second-order valence-electron chi connectivity index (χ2n) is 5.15. The molecule has 0 aliphatic rings. The minimum atomic E-state index is 0.912. The van der Waals surface area contributed by atoms with Crippen molar-refractivity contribution in [1.29, 1.82) is 0 Å². The third-order valence-electron chi connectivity index (χ3n) is 3.52. The van der Waals surface area contributed by atoms with E-state index < -0.39 is 0 Å². The summed E-state index contributed by atoms with van der Waals surface area (Å²) >= 11 is 8.67. The summed E-state index contributed by atoms with van der Waals surface area (Å²) in [5, 5.41) is 0. The van der Waals surface area contributed by atoms with Crippen molar-refractivity contribution in [2.24, 2.45) is 5.92 Å². The molecule has 0 aliphatic heterocycles. The van der Waals surface area contributed by atoms with Gasteiger partial charge >= 0.3 is 0 Å². The predicted molar refractivity (Wildman–Crippen MR) is 87.7 cm³/mol. The fourth-order valence-electron chi connectivity index (χ4n) is 2.39. The molecule has 1 atom stereocenters. The van der Waals surface area contributed by atoms with Crippen molar-refractivity contribution in [3.63, 3.8) is 0 Å². The van der Waals surface area contributed by atoms with Crippen LogP contribution in [0, 0.1) is 5.92 Å². The summed E-state index contributed by atoms with van der Waals surface area (Å²) in [6, 6.07) is 0. The van der Waals surface area contributed by atoms with E-state index in [1.54, 1.807) is 0 Å². The van der Waals surface area contributed by atoms with Gasteiger partial charge in [-0.1, -0.05) is 58.3 Å². The summed E-state index contributed by atoms with van der Waals surface area (Å²) in [6.45, 7) is 2.28. The van der Waals surface area contributed by atoms with Crippen molar-refractivity contribution < 1.29 is 0 Å². The van der Waals surface area contributed by atoms with Gasteiger partial charge in [-0.2, -0.15) is 25.3 Å². The minimum Gasteiger partial charge on any atom is -0.179 e. The average Bonchev–Trinajstić information content (AvgIpc) is 2.34. The van der Waals surface area contributed by atoms with Crippen LogP contribution >= 0.6 is 25.3 Å². The SMILES string of the molecule is CCCCCCCCCC(CCS)CCCS. The van der Waals surface area contributed by atoms with E-state index in [0.717, 1.165) is 17.4 Å². The maximum Gasteiger partial charge on any atom is -0.00953 e. The third kappa shape index (κ3) is 12.9. The summed E-state index contributed by atoms with van der Waals surface area (Å²) in [5.41, 5.74) is 0. The Kier molecular flexibility index (Phi) is 15.4. The third-order valence-corrected chi connectivity index (χ3v) is 4.10. The van der Waals surface area contributed by atoms with Gasteiger partial charge in [0, 0.05) is 0 Å². The number of hydrogen-bond donors (Lipinski definition) is 2. The summed E-state index contributed by atoms with van der Waals surface area (Å²) < 4.78 is 0. The van der Waals surface area contributed by atoms with Crippen LogP contribution < -0.4 is 0 Å². The lowest BCUT2D eigenvalue weighted by atomic mass is 9.93. The molecule has 0 nitrogen and oxygen atoms in total. The van der Waals surface area contributed by atoms with Crippen molar-refractivity contribution in [2.75, 3.05) is 11.5 Å². The fraction of sp³-hybridized carbons (Fsp3) is 1.00. The molecular formula is C15H32S2. The van der Waals surface area contributed by atoms with Crippen molar-refractivity contribution in [1.82, 2.24) is 0 Å². The van der Waals surface area contributed by atoms with Crippen LogP contribution in [0.4, 0.5) is 0 Å². The molecule has 0 amide bonds. The van der Waals surface area contributed by atoms with Gasteiger partial charge in [-0.25, -0.2) is 0 Å². The Balaban J connectivity index is 3.34. The van der Waals surface area contributed by atoms with Crippen LogP contribution in [-0.4, -0.2) is 11.5 Å². The van der Waals surface area contributed by atoms with Crippen LogP contribution in [-0.2, 0) is 0 Å². The smallest absolute Gasteiger partial charge is 0.00953 e. The predicted octanol–water partition coefficient (Wildman–Crippen LogP) is 5.77. The highest BCUT2D eigenvalue weighted by Gasteiger charge is 2.06. The van der Waals surface area contributed by atoms with Gasteiger partial charge in [0.15, 0.2) is 0 Å². The number of rotatable bonds is 13. The molecule has 0 N–H and O–H groups in total. The lowest BCUT2D eigenvalue weighted by Crippen LogP contribution is -2.02. The average molecular weight is 277 g/mol. The molecular weight excluding hydrogens is 244 g/mol. The molecule has 0 rings (SSSR count). The van der Waals surface area contributed by atoms with E-state index >= 15 is 0 Å². The molecule has 0 saturated heterocycles. The Morgan fingerprint density at radius 1 is 0.647 bits per heavy atom. The van der Waals surface area contributed by atoms with Crippen LogP contribution in [0.1, 0.15) is 77.6 Å². The summed E-state index contributed by atoms with van der Waals surface area (Å²) in [6.07, 6.45) is 15.3. The second-order valence-corrected chi connectivity index (χ2v) is 6.05. The first-order valence-electron chi connectivity index (χ1n) is 7.56. The van der Waals surface area contributed by atoms with E-state index in [4.69, 9.17) is 0 Å². The van der Waals surface area contributed by atoms with Crippen molar-refractivity contribution in [3.8, 4) is 0 Å². The van der Waals surface area contributed by atoms with Gasteiger partial charge in [0.1, 0.15) is 0 Å². The van der Waals surface area contributed by atoms with Gasteiger partial charge in [0.05, 0.1) is 0 Å². The van der Waals surface area contributed by atoms with Crippen LogP contribution in [0.3, 0.4) is 0 Å². The molecule has 0 heterocycles. The molecule has 0 radical (unpaired) electrons. The Bertz CT molecular complexity index is 137. The minimum absolute atomic E-state index is 0.912. The highest BCUT2D eigenvalue weighted by molar-refractivity contribution is 7.80. The standard InChI is InChI=1S/C15H32S2/c1-2-3-4-5-6-7-8-10-15(12-14-17)11-9-13-16/h15-17H,2-14H2,1H3. The molecule has 104 valence electrons. The lowest BCUT2D eigenvalue weighted by Gasteiger charge is -2.15. The van der Waals surface area contributed by atoms with Crippen molar-refractivity contribution in [3.05, 3.63) is 0 Å². The highest BCUT2D eigenvalue weighted by Crippen LogP contribution is 2.20. The van der Waals surface area contributed by atoms with E-state index in [2.05, 4.69) is 32.2 Å². The lowest BCUT2D eigenvalue weighted by molar-refractivity contribution is 0.412. The van der Waals surface area contributed by atoms with Crippen LogP contribution in [0.15, 0.2) is 0 Å². The molecule has 17 heavy (non-hydrogen) atoms. The largest absolute Gasteiger partial charge is 0.179 e. The molecule has 2 heteroatoms. The molecule has 0 aromatic heterocycles. The van der Waals surface area contributed by atoms with Crippen molar-refractivity contribution >= 4 is 25.3 Å². The van der Waals surface area contributed by atoms with E-state index in [-0.39, 0.29) is 0 Å². The number of hydrogen-bond acceptors (Lipinski definition) is 2. The highest BCUT2D eigenvalue weighted by atomic mass is 32.1. The number of thiol groups is 2. The first-order chi connectivity index (χ1) is 8.35. The van der Waals surface area contributed by atoms with Crippen LogP contribution in [0.25, 0.3) is 0 Å². The van der Waals surface area contributed by atoms with Gasteiger partial charge in [0.2, 0.25) is 0 Å². The molecule has 0 spiro atoms. The molecule has 0 saturated carbocycles. The zero-order chi connectivity index (χ0) is 12.8. The topological polar surface area (TPSA) is 0 Å². The van der Waals surface area contributed by atoms with E-state index in [9.17, 15) is 0 Å². The molecule has 0 aromatic rings. The molecule has 0 fully saturated rings. The summed E-state index contributed by atoms with van der Waals surface area (Å²) in [4.78, 5) is 0. The zero-order valence-corrected chi connectivity index (χ0v) is 13.5. The van der Waals surface area contributed by atoms with Gasteiger partial charge in [-0.3, -0.25) is 0 Å². The maximum atomic E-state index is 4.36. The fourth-order valence-corrected chi connectivity index (χ4v) is 2.93. The Morgan fingerprint density at radius 2 is 1.24 bits per heavy atom. The van der Waals surface area contributed by atoms with Gasteiger partial charge in [0.25, 0.3) is 0 Å². The van der Waals surface area contributed by atoms with E-state index in [0.29, 0.717) is 0 Å². The summed E-state index contributed by atoms with van der Waals surface area (Å²) in [5.74, 6) is 3.00. The Labute approximate surface area is 120 Å². The van der Waals surface area contributed by atoms with Gasteiger partial charge in [-0.05, 0) is 36.7 Å². The van der Waals surface area contributed by atoms with Crippen LogP contribution in [0.5, 0.6) is 0 Å². The first-order valence-corrected chi connectivity index (χ1v) is 8.83. The second kappa shape index (κ2) is 14.8. The quantitative estimate of drug-likeness (QED) is 0.309.